The van der Waals surface area contributed by atoms with Crippen molar-refractivity contribution in [3.05, 3.63) is 64.9 Å². The fourth-order valence-corrected chi connectivity index (χ4v) is 1.71. The Morgan fingerprint density at radius 2 is 1.68 bits per heavy atom. The van der Waals surface area contributed by atoms with Gasteiger partial charge in [0.2, 0.25) is 0 Å². The number of aromatic nitrogens is 1. The average molecular weight is 323 g/mol. The molecule has 6 nitrogen and oxygen atoms in total. The molecular formula is C15H15ClN2O4. The van der Waals surface area contributed by atoms with E-state index in [0.29, 0.717) is 0 Å². The van der Waals surface area contributed by atoms with Crippen molar-refractivity contribution in [1.29, 1.82) is 0 Å². The summed E-state index contributed by atoms with van der Waals surface area (Å²) >= 11 is 5.90. The summed E-state index contributed by atoms with van der Waals surface area (Å²) in [5, 5.41) is 18.9. The van der Waals surface area contributed by atoms with E-state index in [2.05, 4.69) is 22.4 Å². The zero-order chi connectivity index (χ0) is 16.4. The van der Waals surface area contributed by atoms with Crippen LogP contribution < -0.4 is 5.32 Å². The standard InChI is InChI=1S/C13H13ClN2.C2H2O4/c14-13-5-1-3-11(7-13)8-16-10-12-4-2-6-15-9-12;3-1(4)2(5)6/h1-7,9,16H,8,10H2;(H,3,4)(H,5,6). The first kappa shape index (κ1) is 17.6. The lowest BCUT2D eigenvalue weighted by Crippen LogP contribution is -2.12. The van der Waals surface area contributed by atoms with Crippen molar-refractivity contribution in [2.75, 3.05) is 0 Å². The number of benzene rings is 1. The molecule has 0 radical (unpaired) electrons. The first-order chi connectivity index (χ1) is 10.5. The third-order valence-electron chi connectivity index (χ3n) is 2.45. The van der Waals surface area contributed by atoms with Crippen molar-refractivity contribution in [2.24, 2.45) is 0 Å². The van der Waals surface area contributed by atoms with Gasteiger partial charge in [-0.3, -0.25) is 4.98 Å². The molecule has 0 atom stereocenters. The van der Waals surface area contributed by atoms with Gasteiger partial charge in [-0.15, -0.1) is 0 Å². The Morgan fingerprint density at radius 1 is 1.05 bits per heavy atom. The molecule has 0 bridgehead atoms. The Labute approximate surface area is 132 Å². The summed E-state index contributed by atoms with van der Waals surface area (Å²) < 4.78 is 0. The van der Waals surface area contributed by atoms with E-state index < -0.39 is 11.9 Å². The summed E-state index contributed by atoms with van der Waals surface area (Å²) in [4.78, 5) is 22.3. The molecule has 22 heavy (non-hydrogen) atoms. The van der Waals surface area contributed by atoms with E-state index in [1.807, 2.05) is 30.5 Å². The monoisotopic (exact) mass is 322 g/mol. The Hall–Kier alpha value is -2.44. The van der Waals surface area contributed by atoms with E-state index in [1.165, 1.54) is 11.1 Å². The molecule has 0 saturated heterocycles. The number of pyridine rings is 1. The molecule has 0 saturated carbocycles. The van der Waals surface area contributed by atoms with Crippen molar-refractivity contribution in [2.45, 2.75) is 13.1 Å². The van der Waals surface area contributed by atoms with Crippen molar-refractivity contribution in [3.8, 4) is 0 Å². The maximum Gasteiger partial charge on any atom is 0.414 e. The van der Waals surface area contributed by atoms with Gasteiger partial charge in [-0.1, -0.05) is 29.8 Å². The largest absolute Gasteiger partial charge is 0.473 e. The molecule has 7 heteroatoms. The number of halogens is 1. The molecule has 0 fully saturated rings. The highest BCUT2D eigenvalue weighted by Gasteiger charge is 2.04. The minimum absolute atomic E-state index is 0.778. The second-order valence-electron chi connectivity index (χ2n) is 4.21. The zero-order valence-electron chi connectivity index (χ0n) is 11.6. The number of hydrogen-bond acceptors (Lipinski definition) is 4. The molecule has 0 unspecified atom stereocenters. The number of aliphatic carboxylic acids is 2. The van der Waals surface area contributed by atoms with Crippen molar-refractivity contribution in [1.82, 2.24) is 10.3 Å². The molecule has 2 rings (SSSR count). The molecule has 3 N–H and O–H groups in total. The molecule has 0 aliphatic rings. The van der Waals surface area contributed by atoms with Crippen molar-refractivity contribution in [3.63, 3.8) is 0 Å². The molecule has 116 valence electrons. The van der Waals surface area contributed by atoms with Gasteiger partial charge in [0.1, 0.15) is 0 Å². The van der Waals surface area contributed by atoms with E-state index in [0.717, 1.165) is 18.1 Å². The van der Waals surface area contributed by atoms with Gasteiger partial charge in [0.15, 0.2) is 0 Å². The van der Waals surface area contributed by atoms with Crippen LogP contribution in [-0.2, 0) is 22.7 Å². The summed E-state index contributed by atoms with van der Waals surface area (Å²) in [7, 11) is 0. The average Bonchev–Trinajstić information content (AvgIpc) is 2.49. The topological polar surface area (TPSA) is 99.5 Å². The predicted molar refractivity (Wildman–Crippen MR) is 81.5 cm³/mol. The summed E-state index contributed by atoms with van der Waals surface area (Å²) in [6, 6.07) is 11.9. The lowest BCUT2D eigenvalue weighted by molar-refractivity contribution is -0.159. The zero-order valence-corrected chi connectivity index (χ0v) is 12.3. The van der Waals surface area contributed by atoms with Crippen LogP contribution in [0.25, 0.3) is 0 Å². The molecular weight excluding hydrogens is 308 g/mol. The fourth-order valence-electron chi connectivity index (χ4n) is 1.50. The number of nitrogens with zero attached hydrogens (tertiary/aromatic N) is 1. The summed E-state index contributed by atoms with van der Waals surface area (Å²) in [6.07, 6.45) is 3.64. The van der Waals surface area contributed by atoms with Crippen molar-refractivity contribution >= 4 is 23.5 Å². The first-order valence-corrected chi connectivity index (χ1v) is 6.67. The number of nitrogens with one attached hydrogen (secondary N) is 1. The van der Waals surface area contributed by atoms with Crippen LogP contribution in [0.15, 0.2) is 48.8 Å². The SMILES string of the molecule is Clc1cccc(CNCc2cccnc2)c1.O=C(O)C(=O)O. The van der Waals surface area contributed by atoms with Crippen LogP contribution in [0.4, 0.5) is 0 Å². The molecule has 1 heterocycles. The quantitative estimate of drug-likeness (QED) is 0.746. The van der Waals surface area contributed by atoms with Crippen LogP contribution >= 0.6 is 11.6 Å². The summed E-state index contributed by atoms with van der Waals surface area (Å²) in [6.45, 7) is 1.63. The van der Waals surface area contributed by atoms with Crippen molar-refractivity contribution < 1.29 is 19.8 Å². The molecule has 0 spiro atoms. The van der Waals surface area contributed by atoms with Crippen LogP contribution in [0.1, 0.15) is 11.1 Å². The van der Waals surface area contributed by atoms with Gasteiger partial charge in [0.05, 0.1) is 0 Å². The van der Waals surface area contributed by atoms with Crippen LogP contribution in [0, 0.1) is 0 Å². The number of carbonyl (C=O) groups is 2. The summed E-state index contributed by atoms with van der Waals surface area (Å²) in [5.74, 6) is -3.65. The normalized spacial score (nSPS) is 9.50. The van der Waals surface area contributed by atoms with E-state index in [9.17, 15) is 0 Å². The van der Waals surface area contributed by atoms with Gasteiger partial charge in [0.25, 0.3) is 0 Å². The highest BCUT2D eigenvalue weighted by Crippen LogP contribution is 2.10. The Morgan fingerprint density at radius 3 is 2.23 bits per heavy atom. The number of carboxylic acids is 2. The van der Waals surface area contributed by atoms with Gasteiger partial charge in [-0.25, -0.2) is 9.59 Å². The predicted octanol–water partition coefficient (Wildman–Crippen LogP) is 2.18. The van der Waals surface area contributed by atoms with E-state index >= 15 is 0 Å². The Kier molecular flexibility index (Phi) is 7.60. The lowest BCUT2D eigenvalue weighted by Gasteiger charge is -2.04. The smallest absolute Gasteiger partial charge is 0.414 e. The number of hydrogen-bond donors (Lipinski definition) is 3. The van der Waals surface area contributed by atoms with E-state index in [1.54, 1.807) is 6.20 Å². The van der Waals surface area contributed by atoms with Gasteiger partial charge < -0.3 is 15.5 Å². The number of carboxylic acid groups (broad SMARTS) is 2. The minimum atomic E-state index is -1.82. The molecule has 1 aromatic heterocycles. The van der Waals surface area contributed by atoms with Gasteiger partial charge >= 0.3 is 11.9 Å². The Balaban J connectivity index is 0.000000346. The number of rotatable bonds is 4. The second-order valence-corrected chi connectivity index (χ2v) is 4.64. The highest BCUT2D eigenvalue weighted by atomic mass is 35.5. The molecule has 0 aliphatic heterocycles. The fraction of sp³-hybridized carbons (Fsp3) is 0.133. The van der Waals surface area contributed by atoms with Crippen LogP contribution in [0.2, 0.25) is 5.02 Å². The second kappa shape index (κ2) is 9.49. The Bertz CT molecular complexity index is 608. The molecule has 0 aliphatic carbocycles. The van der Waals surface area contributed by atoms with Crippen LogP contribution in [0.3, 0.4) is 0 Å². The van der Waals surface area contributed by atoms with Crippen LogP contribution in [0.5, 0.6) is 0 Å². The summed E-state index contributed by atoms with van der Waals surface area (Å²) in [5.41, 5.74) is 2.38. The molecule has 1 aromatic carbocycles. The molecule has 0 amide bonds. The van der Waals surface area contributed by atoms with E-state index in [-0.39, 0.29) is 0 Å². The third kappa shape index (κ3) is 7.37. The van der Waals surface area contributed by atoms with Gasteiger partial charge in [-0.05, 0) is 29.3 Å². The molecule has 2 aromatic rings. The van der Waals surface area contributed by atoms with Gasteiger partial charge in [-0.2, -0.15) is 0 Å². The lowest BCUT2D eigenvalue weighted by atomic mass is 10.2. The van der Waals surface area contributed by atoms with Crippen LogP contribution in [-0.4, -0.2) is 27.1 Å². The first-order valence-electron chi connectivity index (χ1n) is 6.29. The van der Waals surface area contributed by atoms with E-state index in [4.69, 9.17) is 31.4 Å². The maximum absolute atomic E-state index is 9.10. The minimum Gasteiger partial charge on any atom is -0.473 e. The van der Waals surface area contributed by atoms with Gasteiger partial charge in [0, 0.05) is 30.5 Å². The third-order valence-corrected chi connectivity index (χ3v) is 2.69. The highest BCUT2D eigenvalue weighted by molar-refractivity contribution is 6.30. The maximum atomic E-state index is 9.10.